The molecule has 92 valence electrons. The minimum atomic E-state index is -0.358. The minimum absolute atomic E-state index is 0.0939. The van der Waals surface area contributed by atoms with Crippen molar-refractivity contribution in [2.45, 2.75) is 13.3 Å². The highest BCUT2D eigenvalue weighted by Crippen LogP contribution is 2.18. The van der Waals surface area contributed by atoms with Crippen LogP contribution in [-0.2, 0) is 0 Å². The third-order valence-electron chi connectivity index (χ3n) is 3.20. The fourth-order valence-electron chi connectivity index (χ4n) is 2.25. The average molecular weight is 236 g/mol. The van der Waals surface area contributed by atoms with Crippen molar-refractivity contribution in [3.8, 4) is 0 Å². The monoisotopic (exact) mass is 236 g/mol. The largest absolute Gasteiger partial charge is 0.338 e. The molecular formula is C13H17FN2O. The normalized spacial score (nSPS) is 19.7. The molecule has 0 bridgehead atoms. The van der Waals surface area contributed by atoms with Gasteiger partial charge in [0.25, 0.3) is 5.91 Å². The van der Waals surface area contributed by atoms with Gasteiger partial charge in [0.15, 0.2) is 0 Å². The van der Waals surface area contributed by atoms with E-state index in [4.69, 9.17) is 5.73 Å². The van der Waals surface area contributed by atoms with E-state index in [1.807, 2.05) is 0 Å². The Labute approximate surface area is 100 Å². The molecule has 0 saturated carbocycles. The minimum Gasteiger partial charge on any atom is -0.338 e. The third-order valence-corrected chi connectivity index (χ3v) is 3.20. The predicted molar refractivity (Wildman–Crippen MR) is 64.2 cm³/mol. The van der Waals surface area contributed by atoms with Crippen LogP contribution in [-0.4, -0.2) is 30.4 Å². The smallest absolute Gasteiger partial charge is 0.253 e. The first kappa shape index (κ1) is 12.0. The van der Waals surface area contributed by atoms with Gasteiger partial charge in [-0.3, -0.25) is 4.79 Å². The SMILES string of the molecule is Cc1cc(F)cc(C(=O)N2CC[C@H](CN)C2)c1. The zero-order valence-electron chi connectivity index (χ0n) is 9.95. The maximum absolute atomic E-state index is 13.2. The molecule has 2 rings (SSSR count). The van der Waals surface area contributed by atoms with Crippen LogP contribution in [0.15, 0.2) is 18.2 Å². The molecule has 1 saturated heterocycles. The number of rotatable bonds is 2. The van der Waals surface area contributed by atoms with Crippen molar-refractivity contribution < 1.29 is 9.18 Å². The molecule has 0 spiro atoms. The molecule has 0 aromatic heterocycles. The van der Waals surface area contributed by atoms with Gasteiger partial charge in [0.05, 0.1) is 0 Å². The number of carbonyl (C=O) groups excluding carboxylic acids is 1. The summed E-state index contributed by atoms with van der Waals surface area (Å²) in [5.41, 5.74) is 6.78. The van der Waals surface area contributed by atoms with Gasteiger partial charge in [-0.05, 0) is 49.6 Å². The molecule has 1 heterocycles. The lowest BCUT2D eigenvalue weighted by Crippen LogP contribution is -2.30. The summed E-state index contributed by atoms with van der Waals surface area (Å²) < 4.78 is 13.2. The first-order chi connectivity index (χ1) is 8.10. The Morgan fingerprint density at radius 1 is 1.53 bits per heavy atom. The molecule has 1 aromatic carbocycles. The summed E-state index contributed by atoms with van der Waals surface area (Å²) in [6, 6.07) is 4.44. The van der Waals surface area contributed by atoms with Crippen LogP contribution in [0.4, 0.5) is 4.39 Å². The average Bonchev–Trinajstić information content (AvgIpc) is 2.75. The second kappa shape index (κ2) is 4.84. The number of benzene rings is 1. The van der Waals surface area contributed by atoms with E-state index in [1.54, 1.807) is 17.9 Å². The van der Waals surface area contributed by atoms with Crippen LogP contribution in [0.3, 0.4) is 0 Å². The molecule has 17 heavy (non-hydrogen) atoms. The molecular weight excluding hydrogens is 219 g/mol. The van der Waals surface area contributed by atoms with Crippen LogP contribution in [0, 0.1) is 18.7 Å². The van der Waals surface area contributed by atoms with Gasteiger partial charge in [-0.15, -0.1) is 0 Å². The fraction of sp³-hybridized carbons (Fsp3) is 0.462. The Balaban J connectivity index is 2.14. The van der Waals surface area contributed by atoms with Crippen LogP contribution in [0.1, 0.15) is 22.3 Å². The molecule has 1 aliphatic rings. The van der Waals surface area contributed by atoms with Crippen molar-refractivity contribution >= 4 is 5.91 Å². The van der Waals surface area contributed by atoms with Crippen molar-refractivity contribution in [1.82, 2.24) is 4.90 Å². The molecule has 2 N–H and O–H groups in total. The summed E-state index contributed by atoms with van der Waals surface area (Å²) in [6.45, 7) is 3.79. The summed E-state index contributed by atoms with van der Waals surface area (Å²) in [6.07, 6.45) is 0.941. The molecule has 0 radical (unpaired) electrons. The number of carbonyl (C=O) groups is 1. The van der Waals surface area contributed by atoms with E-state index in [2.05, 4.69) is 0 Å². The van der Waals surface area contributed by atoms with E-state index in [1.165, 1.54) is 12.1 Å². The lowest BCUT2D eigenvalue weighted by atomic mass is 10.1. The molecule has 1 atom stereocenters. The number of aryl methyl sites for hydroxylation is 1. The van der Waals surface area contributed by atoms with E-state index in [-0.39, 0.29) is 11.7 Å². The number of nitrogens with two attached hydrogens (primary N) is 1. The zero-order chi connectivity index (χ0) is 12.4. The molecule has 0 unspecified atom stereocenters. The van der Waals surface area contributed by atoms with Crippen molar-refractivity contribution in [2.24, 2.45) is 11.7 Å². The van der Waals surface area contributed by atoms with Crippen LogP contribution in [0.25, 0.3) is 0 Å². The van der Waals surface area contributed by atoms with Gasteiger partial charge in [0.2, 0.25) is 0 Å². The van der Waals surface area contributed by atoms with Gasteiger partial charge in [-0.1, -0.05) is 0 Å². The molecule has 1 fully saturated rings. The summed E-state index contributed by atoms with van der Waals surface area (Å²) in [5.74, 6) is -0.0694. The van der Waals surface area contributed by atoms with Gasteiger partial charge in [-0.2, -0.15) is 0 Å². The van der Waals surface area contributed by atoms with Crippen LogP contribution >= 0.6 is 0 Å². The Hall–Kier alpha value is -1.42. The zero-order valence-corrected chi connectivity index (χ0v) is 9.95. The summed E-state index contributed by atoms with van der Waals surface area (Å²) in [7, 11) is 0. The standard InChI is InChI=1S/C13H17FN2O/c1-9-4-11(6-12(14)5-9)13(17)16-3-2-10(7-15)8-16/h4-6,10H,2-3,7-8,15H2,1H3/t10-/m1/s1. The van der Waals surface area contributed by atoms with Crippen LogP contribution in [0.5, 0.6) is 0 Å². The van der Waals surface area contributed by atoms with Gasteiger partial charge in [-0.25, -0.2) is 4.39 Å². The number of hydrogen-bond acceptors (Lipinski definition) is 2. The maximum atomic E-state index is 13.2. The fourth-order valence-corrected chi connectivity index (χ4v) is 2.25. The van der Waals surface area contributed by atoms with Gasteiger partial charge >= 0.3 is 0 Å². The molecule has 1 amide bonds. The van der Waals surface area contributed by atoms with Crippen molar-refractivity contribution in [2.75, 3.05) is 19.6 Å². The van der Waals surface area contributed by atoms with Gasteiger partial charge in [0, 0.05) is 18.7 Å². The van der Waals surface area contributed by atoms with E-state index in [0.717, 1.165) is 18.5 Å². The Bertz CT molecular complexity index is 413. The first-order valence-corrected chi connectivity index (χ1v) is 5.86. The third kappa shape index (κ3) is 2.64. The maximum Gasteiger partial charge on any atom is 0.253 e. The number of amides is 1. The van der Waals surface area contributed by atoms with Crippen molar-refractivity contribution in [1.29, 1.82) is 0 Å². The molecule has 4 heteroatoms. The predicted octanol–water partition coefficient (Wildman–Crippen LogP) is 1.55. The quantitative estimate of drug-likeness (QED) is 0.847. The van der Waals surface area contributed by atoms with Crippen LogP contribution in [0.2, 0.25) is 0 Å². The topological polar surface area (TPSA) is 46.3 Å². The van der Waals surface area contributed by atoms with Crippen molar-refractivity contribution in [3.05, 3.63) is 35.1 Å². The van der Waals surface area contributed by atoms with Crippen molar-refractivity contribution in [3.63, 3.8) is 0 Å². The van der Waals surface area contributed by atoms with E-state index >= 15 is 0 Å². The Morgan fingerprint density at radius 3 is 2.88 bits per heavy atom. The van der Waals surface area contributed by atoms with E-state index in [0.29, 0.717) is 24.6 Å². The summed E-state index contributed by atoms with van der Waals surface area (Å²) in [5, 5.41) is 0. The molecule has 1 aromatic rings. The lowest BCUT2D eigenvalue weighted by Gasteiger charge is -2.16. The number of halogens is 1. The highest BCUT2D eigenvalue weighted by molar-refractivity contribution is 5.94. The summed E-state index contributed by atoms with van der Waals surface area (Å²) >= 11 is 0. The van der Waals surface area contributed by atoms with E-state index < -0.39 is 0 Å². The number of nitrogens with zero attached hydrogens (tertiary/aromatic N) is 1. The molecule has 0 aliphatic carbocycles. The van der Waals surface area contributed by atoms with Gasteiger partial charge < -0.3 is 10.6 Å². The van der Waals surface area contributed by atoms with Crippen LogP contribution < -0.4 is 5.73 Å². The lowest BCUT2D eigenvalue weighted by molar-refractivity contribution is 0.0787. The summed E-state index contributed by atoms with van der Waals surface area (Å²) in [4.78, 5) is 13.9. The van der Waals surface area contributed by atoms with E-state index in [9.17, 15) is 9.18 Å². The Morgan fingerprint density at radius 2 is 2.29 bits per heavy atom. The van der Waals surface area contributed by atoms with Gasteiger partial charge in [0.1, 0.15) is 5.82 Å². The highest BCUT2D eigenvalue weighted by Gasteiger charge is 2.26. The molecule has 3 nitrogen and oxygen atoms in total. The second-order valence-electron chi connectivity index (χ2n) is 4.66. The number of likely N-dealkylation sites (tertiary alicyclic amines) is 1. The molecule has 1 aliphatic heterocycles. The highest BCUT2D eigenvalue weighted by atomic mass is 19.1. The Kier molecular flexibility index (Phi) is 3.43. The second-order valence-corrected chi connectivity index (χ2v) is 4.66. The number of hydrogen-bond donors (Lipinski definition) is 1. The first-order valence-electron chi connectivity index (χ1n) is 5.86.